The van der Waals surface area contributed by atoms with Crippen molar-refractivity contribution >= 4 is 27.5 Å². The van der Waals surface area contributed by atoms with E-state index in [1.807, 2.05) is 24.3 Å². The summed E-state index contributed by atoms with van der Waals surface area (Å²) in [7, 11) is 0. The fourth-order valence-corrected chi connectivity index (χ4v) is 2.64. The number of halogens is 3. The SMILES string of the molecule is OCC(Cc1cccc(F)c1Cl)c1cccc(Br)c1. The molecule has 19 heavy (non-hydrogen) atoms. The minimum absolute atomic E-state index is 0.0106. The van der Waals surface area contributed by atoms with Crippen molar-refractivity contribution in [1.82, 2.24) is 0 Å². The molecule has 0 aliphatic heterocycles. The van der Waals surface area contributed by atoms with Gasteiger partial charge in [0.05, 0.1) is 11.6 Å². The van der Waals surface area contributed by atoms with Gasteiger partial charge in [0, 0.05) is 10.4 Å². The van der Waals surface area contributed by atoms with Gasteiger partial charge >= 0.3 is 0 Å². The summed E-state index contributed by atoms with van der Waals surface area (Å²) in [5.41, 5.74) is 1.71. The molecule has 0 fully saturated rings. The Labute approximate surface area is 125 Å². The zero-order valence-corrected chi connectivity index (χ0v) is 12.5. The third kappa shape index (κ3) is 3.56. The molecule has 0 heterocycles. The van der Waals surface area contributed by atoms with E-state index >= 15 is 0 Å². The van der Waals surface area contributed by atoms with E-state index in [0.717, 1.165) is 10.0 Å². The summed E-state index contributed by atoms with van der Waals surface area (Å²) >= 11 is 9.35. The van der Waals surface area contributed by atoms with E-state index in [-0.39, 0.29) is 17.5 Å². The van der Waals surface area contributed by atoms with Gasteiger partial charge in [-0.2, -0.15) is 0 Å². The van der Waals surface area contributed by atoms with Crippen molar-refractivity contribution in [2.45, 2.75) is 12.3 Å². The molecule has 1 N–H and O–H groups in total. The van der Waals surface area contributed by atoms with Crippen molar-refractivity contribution in [3.8, 4) is 0 Å². The molecular weight excluding hydrogens is 331 g/mol. The van der Waals surface area contributed by atoms with Crippen LogP contribution in [-0.2, 0) is 6.42 Å². The van der Waals surface area contributed by atoms with Gasteiger partial charge in [0.1, 0.15) is 5.82 Å². The smallest absolute Gasteiger partial charge is 0.142 e. The first-order valence-electron chi connectivity index (χ1n) is 5.91. The van der Waals surface area contributed by atoms with Crippen LogP contribution in [0.4, 0.5) is 4.39 Å². The van der Waals surface area contributed by atoms with E-state index in [1.165, 1.54) is 6.07 Å². The first-order chi connectivity index (χ1) is 9.11. The number of hydrogen-bond acceptors (Lipinski definition) is 1. The molecule has 0 amide bonds. The molecular formula is C15H13BrClFO. The van der Waals surface area contributed by atoms with Crippen LogP contribution in [0.5, 0.6) is 0 Å². The third-order valence-electron chi connectivity index (χ3n) is 3.04. The highest BCUT2D eigenvalue weighted by atomic mass is 79.9. The Morgan fingerprint density at radius 3 is 2.63 bits per heavy atom. The highest BCUT2D eigenvalue weighted by molar-refractivity contribution is 9.10. The fraction of sp³-hybridized carbons (Fsp3) is 0.200. The molecule has 2 aromatic carbocycles. The van der Waals surface area contributed by atoms with Crippen LogP contribution in [0.15, 0.2) is 46.9 Å². The highest BCUT2D eigenvalue weighted by Gasteiger charge is 2.15. The largest absolute Gasteiger partial charge is 0.396 e. The lowest BCUT2D eigenvalue weighted by Crippen LogP contribution is -2.08. The van der Waals surface area contributed by atoms with Crippen LogP contribution in [0, 0.1) is 5.82 Å². The van der Waals surface area contributed by atoms with Crippen LogP contribution in [0.3, 0.4) is 0 Å². The average molecular weight is 344 g/mol. The summed E-state index contributed by atoms with van der Waals surface area (Å²) in [6.45, 7) is -0.0106. The normalized spacial score (nSPS) is 12.4. The van der Waals surface area contributed by atoms with Crippen molar-refractivity contribution in [3.63, 3.8) is 0 Å². The molecule has 1 nitrogen and oxygen atoms in total. The Morgan fingerprint density at radius 2 is 1.95 bits per heavy atom. The van der Waals surface area contributed by atoms with Crippen LogP contribution in [0.2, 0.25) is 5.02 Å². The molecule has 0 aliphatic rings. The van der Waals surface area contributed by atoms with E-state index in [9.17, 15) is 9.50 Å². The van der Waals surface area contributed by atoms with Crippen LogP contribution in [0.25, 0.3) is 0 Å². The van der Waals surface area contributed by atoms with Crippen molar-refractivity contribution < 1.29 is 9.50 Å². The Morgan fingerprint density at radius 1 is 1.21 bits per heavy atom. The quantitative estimate of drug-likeness (QED) is 0.863. The lowest BCUT2D eigenvalue weighted by molar-refractivity contribution is 0.264. The minimum atomic E-state index is -0.426. The van der Waals surface area contributed by atoms with Gasteiger partial charge in [-0.25, -0.2) is 4.39 Å². The third-order valence-corrected chi connectivity index (χ3v) is 3.95. The van der Waals surface area contributed by atoms with Crippen LogP contribution < -0.4 is 0 Å². The molecule has 0 aromatic heterocycles. The monoisotopic (exact) mass is 342 g/mol. The van der Waals surface area contributed by atoms with Gasteiger partial charge in [0.15, 0.2) is 0 Å². The Hall–Kier alpha value is -0.900. The Bertz CT molecular complexity index is 574. The second-order valence-corrected chi connectivity index (χ2v) is 5.65. The van der Waals surface area contributed by atoms with E-state index in [4.69, 9.17) is 11.6 Å². The maximum absolute atomic E-state index is 13.4. The van der Waals surface area contributed by atoms with Gasteiger partial charge in [-0.15, -0.1) is 0 Å². The average Bonchev–Trinajstić information content (AvgIpc) is 2.40. The molecule has 1 unspecified atom stereocenters. The molecule has 2 rings (SSSR count). The molecule has 4 heteroatoms. The van der Waals surface area contributed by atoms with Crippen LogP contribution in [-0.4, -0.2) is 11.7 Å². The van der Waals surface area contributed by atoms with E-state index in [2.05, 4.69) is 15.9 Å². The Balaban J connectivity index is 2.26. The number of benzene rings is 2. The zero-order valence-electron chi connectivity index (χ0n) is 10.1. The van der Waals surface area contributed by atoms with Gasteiger partial charge in [-0.3, -0.25) is 0 Å². The number of hydrogen-bond donors (Lipinski definition) is 1. The topological polar surface area (TPSA) is 20.2 Å². The highest BCUT2D eigenvalue weighted by Crippen LogP contribution is 2.28. The maximum Gasteiger partial charge on any atom is 0.142 e. The lowest BCUT2D eigenvalue weighted by Gasteiger charge is -2.16. The molecule has 0 aliphatic carbocycles. The van der Waals surface area contributed by atoms with Crippen molar-refractivity contribution in [2.75, 3.05) is 6.61 Å². The minimum Gasteiger partial charge on any atom is -0.396 e. The molecule has 0 bridgehead atoms. The summed E-state index contributed by atoms with van der Waals surface area (Å²) in [5.74, 6) is -0.526. The lowest BCUT2D eigenvalue weighted by atomic mass is 9.92. The van der Waals surface area contributed by atoms with Gasteiger partial charge in [-0.05, 0) is 35.7 Å². The van der Waals surface area contributed by atoms with E-state index in [1.54, 1.807) is 12.1 Å². The van der Waals surface area contributed by atoms with Crippen molar-refractivity contribution in [2.24, 2.45) is 0 Å². The van der Waals surface area contributed by atoms with Crippen LogP contribution >= 0.6 is 27.5 Å². The predicted molar refractivity (Wildman–Crippen MR) is 79.1 cm³/mol. The molecule has 0 spiro atoms. The first-order valence-corrected chi connectivity index (χ1v) is 7.08. The molecule has 0 radical (unpaired) electrons. The van der Waals surface area contributed by atoms with Crippen LogP contribution in [0.1, 0.15) is 17.0 Å². The zero-order chi connectivity index (χ0) is 13.8. The van der Waals surface area contributed by atoms with Gasteiger partial charge in [0.25, 0.3) is 0 Å². The summed E-state index contributed by atoms with van der Waals surface area (Å²) in [5, 5.41) is 9.67. The van der Waals surface area contributed by atoms with Crippen molar-refractivity contribution in [1.29, 1.82) is 0 Å². The number of aliphatic hydroxyl groups is 1. The number of aliphatic hydroxyl groups excluding tert-OH is 1. The van der Waals surface area contributed by atoms with Crippen molar-refractivity contribution in [3.05, 3.63) is 68.9 Å². The summed E-state index contributed by atoms with van der Waals surface area (Å²) < 4.78 is 14.4. The summed E-state index contributed by atoms with van der Waals surface area (Å²) in [6, 6.07) is 12.5. The Kier molecular flexibility index (Phi) is 4.97. The molecule has 0 saturated heterocycles. The predicted octanol–water partition coefficient (Wildman–Crippen LogP) is 4.56. The first kappa shape index (κ1) is 14.5. The molecule has 0 saturated carbocycles. The number of rotatable bonds is 4. The fourth-order valence-electron chi connectivity index (χ4n) is 2.02. The van der Waals surface area contributed by atoms with E-state index in [0.29, 0.717) is 12.0 Å². The van der Waals surface area contributed by atoms with Gasteiger partial charge in [0.2, 0.25) is 0 Å². The standard InChI is InChI=1S/C15H13BrClFO/c16-13-5-1-3-10(8-13)12(9-19)7-11-4-2-6-14(18)15(11)17/h1-6,8,12,19H,7,9H2. The van der Waals surface area contributed by atoms with Gasteiger partial charge < -0.3 is 5.11 Å². The summed E-state index contributed by atoms with van der Waals surface area (Å²) in [4.78, 5) is 0. The summed E-state index contributed by atoms with van der Waals surface area (Å²) in [6.07, 6.45) is 0.504. The molecule has 2 aromatic rings. The molecule has 1 atom stereocenters. The van der Waals surface area contributed by atoms with E-state index < -0.39 is 5.82 Å². The second-order valence-electron chi connectivity index (χ2n) is 4.35. The van der Waals surface area contributed by atoms with Gasteiger partial charge in [-0.1, -0.05) is 51.8 Å². The molecule has 100 valence electrons. The maximum atomic E-state index is 13.4. The second kappa shape index (κ2) is 6.51.